The first-order valence-electron chi connectivity index (χ1n) is 6.63. The summed E-state index contributed by atoms with van der Waals surface area (Å²) in [5, 5.41) is 2.72. The molecule has 104 valence electrons. The maximum atomic E-state index is 11.7. The Hall–Kier alpha value is -1.45. The van der Waals surface area contributed by atoms with Gasteiger partial charge in [-0.3, -0.25) is 9.78 Å². The van der Waals surface area contributed by atoms with E-state index in [9.17, 15) is 4.79 Å². The molecule has 0 unspecified atom stereocenters. The number of hydrogen-bond acceptors (Lipinski definition) is 3. The number of nitrogens with zero attached hydrogens (tertiary/aromatic N) is 2. The molecule has 0 aromatic carbocycles. The van der Waals surface area contributed by atoms with Crippen LogP contribution in [0.15, 0.2) is 18.6 Å². The molecule has 1 aromatic rings. The highest BCUT2D eigenvalue weighted by atomic mass is 16.2. The average Bonchev–Trinajstić information content (AvgIpc) is 2.44. The third-order valence-electron chi connectivity index (χ3n) is 2.30. The Morgan fingerprint density at radius 2 is 1.78 bits per heavy atom. The van der Waals surface area contributed by atoms with Crippen LogP contribution in [0.2, 0.25) is 0 Å². The van der Waals surface area contributed by atoms with E-state index in [1.165, 1.54) is 6.20 Å². The van der Waals surface area contributed by atoms with E-state index in [0.717, 1.165) is 6.42 Å². The molecule has 0 fully saturated rings. The van der Waals surface area contributed by atoms with Gasteiger partial charge in [-0.1, -0.05) is 48.5 Å². The van der Waals surface area contributed by atoms with Crippen LogP contribution in [0.1, 0.15) is 54.9 Å². The van der Waals surface area contributed by atoms with Crippen molar-refractivity contribution in [3.05, 3.63) is 18.6 Å². The summed E-state index contributed by atoms with van der Waals surface area (Å²) in [6.45, 7) is 13.8. The van der Waals surface area contributed by atoms with Gasteiger partial charge in [0.15, 0.2) is 5.82 Å². The van der Waals surface area contributed by atoms with Gasteiger partial charge in [-0.15, -0.1) is 0 Å². The topological polar surface area (TPSA) is 54.9 Å². The number of carbonyl (C=O) groups excluding carboxylic acids is 1. The van der Waals surface area contributed by atoms with E-state index in [4.69, 9.17) is 0 Å². The second-order valence-electron chi connectivity index (χ2n) is 3.78. The molecule has 0 aliphatic rings. The van der Waals surface area contributed by atoms with Crippen molar-refractivity contribution in [2.45, 2.75) is 54.9 Å². The first-order valence-corrected chi connectivity index (χ1v) is 6.63. The quantitative estimate of drug-likeness (QED) is 0.888. The standard InChI is InChI=1S/C10H15N3O.2C2H6/c1-4-10(2,3)9(14)13-8-7-11-5-6-12-8;2*1-2/h5-7H,4H2,1-3H3,(H,12,13,14);2*1-2H3. The van der Waals surface area contributed by atoms with Gasteiger partial charge < -0.3 is 5.32 Å². The normalized spacial score (nSPS) is 9.28. The number of amides is 1. The van der Waals surface area contributed by atoms with Gasteiger partial charge in [0.2, 0.25) is 5.91 Å². The molecule has 0 radical (unpaired) electrons. The highest BCUT2D eigenvalue weighted by Gasteiger charge is 2.25. The van der Waals surface area contributed by atoms with Crippen LogP contribution in [-0.2, 0) is 4.79 Å². The minimum absolute atomic E-state index is 0.0273. The lowest BCUT2D eigenvalue weighted by Crippen LogP contribution is -2.30. The number of anilines is 1. The first kappa shape index (κ1) is 18.9. The van der Waals surface area contributed by atoms with Gasteiger partial charge in [0.05, 0.1) is 6.20 Å². The molecule has 0 spiro atoms. The number of carbonyl (C=O) groups is 1. The predicted molar refractivity (Wildman–Crippen MR) is 77.4 cm³/mol. The van der Waals surface area contributed by atoms with E-state index in [1.54, 1.807) is 12.4 Å². The molecule has 1 N–H and O–H groups in total. The lowest BCUT2D eigenvalue weighted by atomic mass is 9.89. The van der Waals surface area contributed by atoms with Gasteiger partial charge in [0, 0.05) is 17.8 Å². The van der Waals surface area contributed by atoms with Crippen LogP contribution in [0, 0.1) is 5.41 Å². The molecule has 0 bridgehead atoms. The van der Waals surface area contributed by atoms with Gasteiger partial charge in [0.1, 0.15) is 0 Å². The Morgan fingerprint density at radius 1 is 1.22 bits per heavy atom. The van der Waals surface area contributed by atoms with Crippen molar-refractivity contribution in [1.29, 1.82) is 0 Å². The molecule has 1 rings (SSSR count). The van der Waals surface area contributed by atoms with Crippen LogP contribution < -0.4 is 5.32 Å². The molecule has 0 atom stereocenters. The second-order valence-corrected chi connectivity index (χ2v) is 3.78. The maximum absolute atomic E-state index is 11.7. The predicted octanol–water partition coefficient (Wildman–Crippen LogP) is 3.90. The molecule has 0 aliphatic carbocycles. The molecule has 1 aromatic heterocycles. The van der Waals surface area contributed by atoms with Crippen molar-refractivity contribution in [3.63, 3.8) is 0 Å². The number of hydrogen-bond donors (Lipinski definition) is 1. The van der Waals surface area contributed by atoms with Crippen molar-refractivity contribution in [3.8, 4) is 0 Å². The van der Waals surface area contributed by atoms with E-state index < -0.39 is 0 Å². The Bertz CT molecular complexity index is 310. The van der Waals surface area contributed by atoms with Crippen molar-refractivity contribution >= 4 is 11.7 Å². The molecule has 0 saturated carbocycles. The van der Waals surface area contributed by atoms with Gasteiger partial charge in [-0.05, 0) is 6.42 Å². The summed E-state index contributed by atoms with van der Waals surface area (Å²) in [7, 11) is 0. The molecule has 4 heteroatoms. The molecule has 1 heterocycles. The summed E-state index contributed by atoms with van der Waals surface area (Å²) in [6, 6.07) is 0. The number of rotatable bonds is 3. The van der Waals surface area contributed by atoms with Crippen LogP contribution in [-0.4, -0.2) is 15.9 Å². The maximum Gasteiger partial charge on any atom is 0.231 e. The zero-order valence-electron chi connectivity index (χ0n) is 12.7. The van der Waals surface area contributed by atoms with E-state index >= 15 is 0 Å². The number of aromatic nitrogens is 2. The minimum Gasteiger partial charge on any atom is -0.309 e. The van der Waals surface area contributed by atoms with Crippen LogP contribution in [0.4, 0.5) is 5.82 Å². The van der Waals surface area contributed by atoms with Crippen molar-refractivity contribution < 1.29 is 4.79 Å². The third-order valence-corrected chi connectivity index (χ3v) is 2.30. The van der Waals surface area contributed by atoms with Crippen LogP contribution in [0.25, 0.3) is 0 Å². The summed E-state index contributed by atoms with van der Waals surface area (Å²) in [5.74, 6) is 0.472. The van der Waals surface area contributed by atoms with Crippen molar-refractivity contribution in [2.24, 2.45) is 5.41 Å². The molecule has 0 aliphatic heterocycles. The van der Waals surface area contributed by atoms with Crippen LogP contribution in [0.5, 0.6) is 0 Å². The summed E-state index contributed by atoms with van der Waals surface area (Å²) in [6.07, 6.45) is 5.44. The van der Waals surface area contributed by atoms with E-state index in [-0.39, 0.29) is 11.3 Å². The fraction of sp³-hybridized carbons (Fsp3) is 0.643. The molecule has 18 heavy (non-hydrogen) atoms. The minimum atomic E-state index is -0.364. The van der Waals surface area contributed by atoms with E-state index in [1.807, 2.05) is 48.5 Å². The van der Waals surface area contributed by atoms with Gasteiger partial charge >= 0.3 is 0 Å². The molecule has 1 amide bonds. The first-order chi connectivity index (χ1) is 8.56. The Kier molecular flexibility index (Phi) is 11.2. The summed E-state index contributed by atoms with van der Waals surface area (Å²) >= 11 is 0. The highest BCUT2D eigenvalue weighted by Crippen LogP contribution is 2.21. The van der Waals surface area contributed by atoms with Crippen LogP contribution in [0.3, 0.4) is 0 Å². The molecular weight excluding hydrogens is 226 g/mol. The summed E-state index contributed by atoms with van der Waals surface area (Å²) in [5.41, 5.74) is -0.364. The number of nitrogens with one attached hydrogen (secondary N) is 1. The van der Waals surface area contributed by atoms with Crippen molar-refractivity contribution in [1.82, 2.24) is 9.97 Å². The molecule has 4 nitrogen and oxygen atoms in total. The lowest BCUT2D eigenvalue weighted by molar-refractivity contribution is -0.124. The van der Waals surface area contributed by atoms with Gasteiger partial charge in [0.25, 0.3) is 0 Å². The zero-order valence-corrected chi connectivity index (χ0v) is 12.7. The SMILES string of the molecule is CC.CC.CCC(C)(C)C(=O)Nc1cnccn1. The Labute approximate surface area is 111 Å². The van der Waals surface area contributed by atoms with Gasteiger partial charge in [-0.25, -0.2) is 4.98 Å². The monoisotopic (exact) mass is 253 g/mol. The van der Waals surface area contributed by atoms with Crippen molar-refractivity contribution in [2.75, 3.05) is 5.32 Å². The van der Waals surface area contributed by atoms with E-state index in [0.29, 0.717) is 5.82 Å². The summed E-state index contributed by atoms with van der Waals surface area (Å²) < 4.78 is 0. The largest absolute Gasteiger partial charge is 0.309 e. The fourth-order valence-electron chi connectivity index (χ4n) is 0.810. The zero-order chi connectivity index (χ0) is 14.6. The lowest BCUT2D eigenvalue weighted by Gasteiger charge is -2.20. The van der Waals surface area contributed by atoms with Gasteiger partial charge in [-0.2, -0.15) is 0 Å². The smallest absolute Gasteiger partial charge is 0.231 e. The van der Waals surface area contributed by atoms with E-state index in [2.05, 4.69) is 15.3 Å². The molecule has 0 saturated heterocycles. The third kappa shape index (κ3) is 6.99. The fourth-order valence-corrected chi connectivity index (χ4v) is 0.810. The average molecular weight is 253 g/mol. The summed E-state index contributed by atoms with van der Waals surface area (Å²) in [4.78, 5) is 19.5. The highest BCUT2D eigenvalue weighted by molar-refractivity contribution is 5.93. The Morgan fingerprint density at radius 3 is 2.17 bits per heavy atom. The second kappa shape index (κ2) is 10.7. The molecular formula is C14H27N3O. The Balaban J connectivity index is 0. The van der Waals surface area contributed by atoms with Crippen LogP contribution >= 0.6 is 0 Å².